The van der Waals surface area contributed by atoms with E-state index in [4.69, 9.17) is 11.6 Å². The minimum atomic E-state index is 0.769. The third-order valence-electron chi connectivity index (χ3n) is 2.49. The largest absolute Gasteiger partial charge is 0.155 e. The van der Waals surface area contributed by atoms with Crippen molar-refractivity contribution in [2.75, 3.05) is 5.88 Å². The van der Waals surface area contributed by atoms with E-state index >= 15 is 0 Å². The molecule has 2 heteroatoms. The van der Waals surface area contributed by atoms with E-state index in [0.717, 1.165) is 16.4 Å². The molecule has 0 spiro atoms. The van der Waals surface area contributed by atoms with Crippen LogP contribution in [0.25, 0.3) is 0 Å². The number of thioether (sulfide) groups is 1. The van der Waals surface area contributed by atoms with Gasteiger partial charge >= 0.3 is 0 Å². The molecular weight excluding hydrogens is 188 g/mol. The van der Waals surface area contributed by atoms with Gasteiger partial charge in [0.05, 0.1) is 0 Å². The number of halogens is 1. The number of alkyl halides is 1. The summed E-state index contributed by atoms with van der Waals surface area (Å²) >= 11 is 7.86. The molecule has 0 aromatic rings. The standard InChI is InChI=1S/C10H19ClS/c1-9(7-8-11)12-10-5-3-2-4-6-10/h9-10H,2-8H2,1H3. The molecule has 0 aliphatic heterocycles. The average Bonchev–Trinajstić information content (AvgIpc) is 2.06. The van der Waals surface area contributed by atoms with Crippen molar-refractivity contribution in [2.24, 2.45) is 0 Å². The molecule has 72 valence electrons. The van der Waals surface area contributed by atoms with Crippen LogP contribution in [-0.4, -0.2) is 16.4 Å². The van der Waals surface area contributed by atoms with Gasteiger partial charge in [-0.1, -0.05) is 26.2 Å². The molecule has 0 aromatic carbocycles. The van der Waals surface area contributed by atoms with E-state index in [0.29, 0.717) is 0 Å². The minimum Gasteiger partial charge on any atom is -0.155 e. The SMILES string of the molecule is CC(CCCl)SC1CCCCC1. The van der Waals surface area contributed by atoms with Gasteiger partial charge in [-0.15, -0.1) is 11.6 Å². The number of hydrogen-bond donors (Lipinski definition) is 0. The van der Waals surface area contributed by atoms with E-state index in [1.807, 2.05) is 0 Å². The topological polar surface area (TPSA) is 0 Å². The third kappa shape index (κ3) is 4.04. The molecule has 0 radical (unpaired) electrons. The van der Waals surface area contributed by atoms with Gasteiger partial charge in [0.15, 0.2) is 0 Å². The third-order valence-corrected chi connectivity index (χ3v) is 4.27. The van der Waals surface area contributed by atoms with Crippen LogP contribution in [0, 0.1) is 0 Å². The van der Waals surface area contributed by atoms with E-state index < -0.39 is 0 Å². The second-order valence-electron chi connectivity index (χ2n) is 3.68. The zero-order valence-corrected chi connectivity index (χ0v) is 9.46. The van der Waals surface area contributed by atoms with Crippen molar-refractivity contribution in [2.45, 2.75) is 55.9 Å². The summed E-state index contributed by atoms with van der Waals surface area (Å²) in [6.45, 7) is 2.31. The summed E-state index contributed by atoms with van der Waals surface area (Å²) in [5.41, 5.74) is 0. The fourth-order valence-electron chi connectivity index (χ4n) is 1.75. The van der Waals surface area contributed by atoms with E-state index in [9.17, 15) is 0 Å². The summed E-state index contributed by atoms with van der Waals surface area (Å²) in [7, 11) is 0. The van der Waals surface area contributed by atoms with E-state index in [1.165, 1.54) is 38.5 Å². The molecule has 1 rings (SSSR count). The molecule has 0 bridgehead atoms. The first-order valence-corrected chi connectivity index (χ1v) is 6.52. The molecule has 12 heavy (non-hydrogen) atoms. The van der Waals surface area contributed by atoms with E-state index in [2.05, 4.69) is 18.7 Å². The lowest BCUT2D eigenvalue weighted by Gasteiger charge is -2.23. The highest BCUT2D eigenvalue weighted by Gasteiger charge is 2.16. The van der Waals surface area contributed by atoms with Crippen LogP contribution < -0.4 is 0 Å². The van der Waals surface area contributed by atoms with Crippen molar-refractivity contribution < 1.29 is 0 Å². The van der Waals surface area contributed by atoms with Crippen LogP contribution in [0.1, 0.15) is 45.4 Å². The quantitative estimate of drug-likeness (QED) is 0.625. The second kappa shape index (κ2) is 6.15. The van der Waals surface area contributed by atoms with Crippen molar-refractivity contribution in [3.63, 3.8) is 0 Å². The fourth-order valence-corrected chi connectivity index (χ4v) is 3.72. The van der Waals surface area contributed by atoms with Crippen LogP contribution in [0.2, 0.25) is 0 Å². The van der Waals surface area contributed by atoms with Gasteiger partial charge in [-0.3, -0.25) is 0 Å². The molecule has 0 N–H and O–H groups in total. The molecule has 0 amide bonds. The van der Waals surface area contributed by atoms with Gasteiger partial charge in [0, 0.05) is 16.4 Å². The molecule has 1 aliphatic carbocycles. The Kier molecular flexibility index (Phi) is 5.49. The van der Waals surface area contributed by atoms with E-state index in [-0.39, 0.29) is 0 Å². The van der Waals surface area contributed by atoms with Gasteiger partial charge in [0.2, 0.25) is 0 Å². The smallest absolute Gasteiger partial charge is 0.0233 e. The molecular formula is C10H19ClS. The fraction of sp³-hybridized carbons (Fsp3) is 1.00. The van der Waals surface area contributed by atoms with Crippen molar-refractivity contribution in [1.29, 1.82) is 0 Å². The summed E-state index contributed by atoms with van der Waals surface area (Å²) in [6.07, 6.45) is 8.41. The number of rotatable bonds is 4. The molecule has 1 fully saturated rings. The van der Waals surface area contributed by atoms with Crippen LogP contribution in [0.5, 0.6) is 0 Å². The summed E-state index contributed by atoms with van der Waals surface area (Å²) in [5, 5.41) is 1.71. The average molecular weight is 207 g/mol. The lowest BCUT2D eigenvalue weighted by atomic mass is 10.0. The van der Waals surface area contributed by atoms with Crippen LogP contribution in [-0.2, 0) is 0 Å². The molecule has 1 unspecified atom stereocenters. The van der Waals surface area contributed by atoms with Crippen molar-refractivity contribution in [3.8, 4) is 0 Å². The Labute approximate surface area is 85.4 Å². The predicted molar refractivity (Wildman–Crippen MR) is 59.3 cm³/mol. The Hall–Kier alpha value is 0.640. The molecule has 0 saturated heterocycles. The Balaban J connectivity index is 2.11. The molecule has 1 aliphatic rings. The Morgan fingerprint density at radius 1 is 1.33 bits per heavy atom. The molecule has 1 atom stereocenters. The van der Waals surface area contributed by atoms with Gasteiger partial charge in [0.25, 0.3) is 0 Å². The highest BCUT2D eigenvalue weighted by Crippen LogP contribution is 2.31. The predicted octanol–water partition coefficient (Wildman–Crippen LogP) is 4.07. The second-order valence-corrected chi connectivity index (χ2v) is 5.81. The van der Waals surface area contributed by atoms with Crippen LogP contribution in [0.15, 0.2) is 0 Å². The van der Waals surface area contributed by atoms with Crippen molar-refractivity contribution >= 4 is 23.4 Å². The summed E-state index contributed by atoms with van der Waals surface area (Å²) in [6, 6.07) is 0. The highest BCUT2D eigenvalue weighted by molar-refractivity contribution is 8.00. The zero-order valence-electron chi connectivity index (χ0n) is 7.89. The molecule has 1 saturated carbocycles. The van der Waals surface area contributed by atoms with Gasteiger partial charge in [-0.25, -0.2) is 0 Å². The summed E-state index contributed by atoms with van der Waals surface area (Å²) in [4.78, 5) is 0. The number of hydrogen-bond acceptors (Lipinski definition) is 1. The maximum Gasteiger partial charge on any atom is 0.0233 e. The monoisotopic (exact) mass is 206 g/mol. The van der Waals surface area contributed by atoms with Gasteiger partial charge in [0.1, 0.15) is 0 Å². The summed E-state index contributed by atoms with van der Waals surface area (Å²) in [5.74, 6) is 0.820. The Morgan fingerprint density at radius 3 is 2.58 bits per heavy atom. The zero-order chi connectivity index (χ0) is 8.81. The van der Waals surface area contributed by atoms with Gasteiger partial charge < -0.3 is 0 Å². The first kappa shape index (κ1) is 10.7. The lowest BCUT2D eigenvalue weighted by Crippen LogP contribution is -2.12. The van der Waals surface area contributed by atoms with Gasteiger partial charge in [-0.05, 0) is 19.3 Å². The first-order valence-electron chi connectivity index (χ1n) is 5.04. The molecule has 0 heterocycles. The van der Waals surface area contributed by atoms with Crippen LogP contribution in [0.4, 0.5) is 0 Å². The molecule has 0 aromatic heterocycles. The maximum atomic E-state index is 5.70. The van der Waals surface area contributed by atoms with Crippen molar-refractivity contribution in [3.05, 3.63) is 0 Å². The maximum absolute atomic E-state index is 5.70. The Bertz CT molecular complexity index is 110. The normalized spacial score (nSPS) is 22.5. The van der Waals surface area contributed by atoms with Crippen LogP contribution >= 0.6 is 23.4 Å². The summed E-state index contributed by atoms with van der Waals surface area (Å²) < 4.78 is 0. The molecule has 0 nitrogen and oxygen atoms in total. The first-order chi connectivity index (χ1) is 5.83. The van der Waals surface area contributed by atoms with Crippen molar-refractivity contribution in [1.82, 2.24) is 0 Å². The Morgan fingerprint density at radius 2 is 2.00 bits per heavy atom. The van der Waals surface area contributed by atoms with Crippen LogP contribution in [0.3, 0.4) is 0 Å². The van der Waals surface area contributed by atoms with Gasteiger partial charge in [-0.2, -0.15) is 11.8 Å². The minimum absolute atomic E-state index is 0.769. The highest BCUT2D eigenvalue weighted by atomic mass is 35.5. The lowest BCUT2D eigenvalue weighted by molar-refractivity contribution is 0.515. The van der Waals surface area contributed by atoms with E-state index in [1.54, 1.807) is 0 Å².